The quantitative estimate of drug-likeness (QED) is 0.698. The van der Waals surface area contributed by atoms with Crippen molar-refractivity contribution >= 4 is 0 Å². The second-order valence-electron chi connectivity index (χ2n) is 6.47. The van der Waals surface area contributed by atoms with Gasteiger partial charge in [0.25, 0.3) is 0 Å². The average Bonchev–Trinajstić information content (AvgIpc) is 2.40. The second-order valence-corrected chi connectivity index (χ2v) is 6.47. The van der Waals surface area contributed by atoms with E-state index in [1.807, 2.05) is 0 Å². The highest BCUT2D eigenvalue weighted by atomic mass is 16.5. The summed E-state index contributed by atoms with van der Waals surface area (Å²) >= 11 is 0. The van der Waals surface area contributed by atoms with Crippen LogP contribution in [-0.2, 0) is 10.3 Å². The molecule has 1 fully saturated rings. The summed E-state index contributed by atoms with van der Waals surface area (Å²) in [7, 11) is 0. The van der Waals surface area contributed by atoms with E-state index in [1.54, 1.807) is 0 Å². The third-order valence-electron chi connectivity index (χ3n) is 4.28. The molecule has 0 unspecified atom stereocenters. The van der Waals surface area contributed by atoms with E-state index in [1.165, 1.54) is 37.7 Å². The van der Waals surface area contributed by atoms with Crippen LogP contribution in [0.5, 0.6) is 0 Å². The van der Waals surface area contributed by atoms with Crippen LogP contribution in [0.15, 0.2) is 30.3 Å². The fourth-order valence-corrected chi connectivity index (χ4v) is 3.49. The molecule has 1 atom stereocenters. The molecule has 2 rings (SSSR count). The Balaban J connectivity index is 2.14. The average molecular weight is 260 g/mol. The van der Waals surface area contributed by atoms with Gasteiger partial charge >= 0.3 is 0 Å². The number of benzene rings is 1. The summed E-state index contributed by atoms with van der Waals surface area (Å²) in [5.74, 6) is 0.831. The first-order valence-electron chi connectivity index (χ1n) is 7.83. The summed E-state index contributed by atoms with van der Waals surface area (Å²) in [6.07, 6.45) is 8.41. The van der Waals surface area contributed by atoms with E-state index >= 15 is 0 Å². The Labute approximate surface area is 118 Å². The van der Waals surface area contributed by atoms with Crippen LogP contribution in [0.3, 0.4) is 0 Å². The molecular weight excluding hydrogens is 232 g/mol. The summed E-state index contributed by atoms with van der Waals surface area (Å²) in [6, 6.07) is 10.8. The number of ether oxygens (including phenoxy) is 1. The highest BCUT2D eigenvalue weighted by molar-refractivity contribution is 5.22. The Morgan fingerprint density at radius 1 is 1.11 bits per heavy atom. The predicted molar refractivity (Wildman–Crippen MR) is 81.2 cm³/mol. The van der Waals surface area contributed by atoms with Crippen LogP contribution in [0.1, 0.15) is 64.9 Å². The molecule has 1 aliphatic rings. The zero-order valence-electron chi connectivity index (χ0n) is 12.7. The van der Waals surface area contributed by atoms with Crippen LogP contribution in [0.4, 0.5) is 0 Å². The predicted octanol–water partition coefficient (Wildman–Crippen LogP) is 5.30. The largest absolute Gasteiger partial charge is 0.368 e. The molecule has 1 aromatic carbocycles. The van der Waals surface area contributed by atoms with Crippen molar-refractivity contribution < 1.29 is 4.74 Å². The summed E-state index contributed by atoms with van der Waals surface area (Å²) in [4.78, 5) is 0. The summed E-state index contributed by atoms with van der Waals surface area (Å²) in [6.45, 7) is 6.56. The first-order chi connectivity index (χ1) is 9.10. The molecular formula is C18H28O. The highest BCUT2D eigenvalue weighted by Crippen LogP contribution is 2.38. The van der Waals surface area contributed by atoms with E-state index in [-0.39, 0.29) is 11.7 Å². The lowest BCUT2D eigenvalue weighted by Crippen LogP contribution is -2.32. The molecule has 19 heavy (non-hydrogen) atoms. The van der Waals surface area contributed by atoms with Gasteiger partial charge in [0.1, 0.15) is 0 Å². The number of rotatable bonds is 5. The molecule has 0 saturated heterocycles. The Kier molecular flexibility index (Phi) is 5.04. The Morgan fingerprint density at radius 3 is 2.32 bits per heavy atom. The molecule has 0 radical (unpaired) electrons. The van der Waals surface area contributed by atoms with E-state index in [0.29, 0.717) is 0 Å². The SMILES string of the molecule is CC(C)O[C@@](C)(CC1CCCCC1)c1ccccc1. The van der Waals surface area contributed by atoms with Gasteiger partial charge in [0.15, 0.2) is 0 Å². The second kappa shape index (κ2) is 6.56. The first-order valence-corrected chi connectivity index (χ1v) is 7.83. The minimum Gasteiger partial charge on any atom is -0.368 e. The molecule has 1 nitrogen and oxygen atoms in total. The minimum atomic E-state index is -0.128. The summed E-state index contributed by atoms with van der Waals surface area (Å²) < 4.78 is 6.33. The van der Waals surface area contributed by atoms with Crippen molar-refractivity contribution in [1.29, 1.82) is 0 Å². The molecule has 1 aliphatic carbocycles. The summed E-state index contributed by atoms with van der Waals surface area (Å²) in [5, 5.41) is 0. The number of hydrogen-bond acceptors (Lipinski definition) is 1. The molecule has 106 valence electrons. The van der Waals surface area contributed by atoms with Gasteiger partial charge in [0.05, 0.1) is 11.7 Å². The van der Waals surface area contributed by atoms with E-state index in [0.717, 1.165) is 12.3 Å². The Morgan fingerprint density at radius 2 is 1.74 bits per heavy atom. The molecule has 0 aromatic heterocycles. The van der Waals surface area contributed by atoms with Crippen molar-refractivity contribution in [3.8, 4) is 0 Å². The van der Waals surface area contributed by atoms with Gasteiger partial charge in [-0.3, -0.25) is 0 Å². The van der Waals surface area contributed by atoms with Crippen LogP contribution in [-0.4, -0.2) is 6.10 Å². The first kappa shape index (κ1) is 14.6. The van der Waals surface area contributed by atoms with Crippen LogP contribution in [0, 0.1) is 5.92 Å². The van der Waals surface area contributed by atoms with E-state index in [9.17, 15) is 0 Å². The lowest BCUT2D eigenvalue weighted by molar-refractivity contribution is -0.0893. The van der Waals surface area contributed by atoms with Crippen molar-refractivity contribution in [2.75, 3.05) is 0 Å². The van der Waals surface area contributed by atoms with Crippen molar-refractivity contribution in [2.45, 2.75) is 71.0 Å². The maximum absolute atomic E-state index is 6.33. The maximum Gasteiger partial charge on any atom is 0.0909 e. The monoisotopic (exact) mass is 260 g/mol. The Hall–Kier alpha value is -0.820. The molecule has 0 N–H and O–H groups in total. The highest BCUT2D eigenvalue weighted by Gasteiger charge is 2.32. The van der Waals surface area contributed by atoms with Gasteiger partial charge in [-0.2, -0.15) is 0 Å². The van der Waals surface area contributed by atoms with Crippen LogP contribution < -0.4 is 0 Å². The van der Waals surface area contributed by atoms with Crippen molar-refractivity contribution in [1.82, 2.24) is 0 Å². The van der Waals surface area contributed by atoms with Gasteiger partial charge in [-0.25, -0.2) is 0 Å². The summed E-state index contributed by atoms with van der Waals surface area (Å²) in [5.41, 5.74) is 1.20. The molecule has 0 spiro atoms. The van der Waals surface area contributed by atoms with Crippen molar-refractivity contribution in [2.24, 2.45) is 5.92 Å². The van der Waals surface area contributed by atoms with Crippen LogP contribution in [0.2, 0.25) is 0 Å². The van der Waals surface area contributed by atoms with Gasteiger partial charge in [0.2, 0.25) is 0 Å². The fourth-order valence-electron chi connectivity index (χ4n) is 3.49. The van der Waals surface area contributed by atoms with Gasteiger partial charge in [-0.05, 0) is 38.7 Å². The standard InChI is InChI=1S/C18H28O/c1-15(2)19-18(3,17-12-8-5-9-13-17)14-16-10-6-4-7-11-16/h5,8-9,12-13,15-16H,4,6-7,10-11,14H2,1-3H3/t18-/m0/s1. The molecule has 0 aliphatic heterocycles. The normalized spacial score (nSPS) is 20.4. The maximum atomic E-state index is 6.33. The molecule has 0 bridgehead atoms. The Bertz CT molecular complexity index is 365. The van der Waals surface area contributed by atoms with E-state index in [2.05, 4.69) is 51.1 Å². The lowest BCUT2D eigenvalue weighted by Gasteiger charge is -2.37. The smallest absolute Gasteiger partial charge is 0.0909 e. The third-order valence-corrected chi connectivity index (χ3v) is 4.28. The number of hydrogen-bond donors (Lipinski definition) is 0. The van der Waals surface area contributed by atoms with Gasteiger partial charge in [-0.15, -0.1) is 0 Å². The zero-order valence-corrected chi connectivity index (χ0v) is 12.7. The minimum absolute atomic E-state index is 0.128. The van der Waals surface area contributed by atoms with Crippen molar-refractivity contribution in [3.05, 3.63) is 35.9 Å². The van der Waals surface area contributed by atoms with Crippen LogP contribution >= 0.6 is 0 Å². The molecule has 1 aromatic rings. The molecule has 0 heterocycles. The van der Waals surface area contributed by atoms with Gasteiger partial charge in [0, 0.05) is 0 Å². The van der Waals surface area contributed by atoms with Gasteiger partial charge < -0.3 is 4.74 Å². The molecule has 1 saturated carbocycles. The van der Waals surface area contributed by atoms with E-state index in [4.69, 9.17) is 4.74 Å². The zero-order chi connectivity index (χ0) is 13.7. The topological polar surface area (TPSA) is 9.23 Å². The molecule has 1 heteroatoms. The van der Waals surface area contributed by atoms with Gasteiger partial charge in [-0.1, -0.05) is 62.4 Å². The van der Waals surface area contributed by atoms with Crippen molar-refractivity contribution in [3.63, 3.8) is 0 Å². The molecule has 0 amide bonds. The third kappa shape index (κ3) is 4.07. The fraction of sp³-hybridized carbons (Fsp3) is 0.667. The van der Waals surface area contributed by atoms with Crippen LogP contribution in [0.25, 0.3) is 0 Å². The van der Waals surface area contributed by atoms with E-state index < -0.39 is 0 Å². The lowest BCUT2D eigenvalue weighted by atomic mass is 9.78.